The lowest BCUT2D eigenvalue weighted by Gasteiger charge is -2.03. The highest BCUT2D eigenvalue weighted by Gasteiger charge is 2.06. The van der Waals surface area contributed by atoms with Crippen LogP contribution in [-0.2, 0) is 0 Å². The first-order chi connectivity index (χ1) is 5.70. The van der Waals surface area contributed by atoms with Crippen LogP contribution in [-0.4, -0.2) is 14.6 Å². The molecule has 0 aliphatic rings. The van der Waals surface area contributed by atoms with Crippen molar-refractivity contribution < 1.29 is 0 Å². The first kappa shape index (κ1) is 7.55. The Morgan fingerprint density at radius 3 is 2.92 bits per heavy atom. The van der Waals surface area contributed by atoms with Crippen LogP contribution in [0.4, 0.5) is 0 Å². The van der Waals surface area contributed by atoms with Crippen LogP contribution in [0.15, 0.2) is 12.3 Å². The molecule has 0 saturated carbocycles. The van der Waals surface area contributed by atoms with Gasteiger partial charge < -0.3 is 0 Å². The van der Waals surface area contributed by atoms with Gasteiger partial charge in [-0.1, -0.05) is 11.6 Å². The molecule has 0 radical (unpaired) electrons. The predicted octanol–water partition coefficient (Wildman–Crippen LogP) is 2.00. The maximum Gasteiger partial charge on any atom is 0.156 e. The summed E-state index contributed by atoms with van der Waals surface area (Å²) in [6, 6.07) is 1.83. The topological polar surface area (TPSA) is 30.2 Å². The summed E-state index contributed by atoms with van der Waals surface area (Å²) in [7, 11) is 0. The summed E-state index contributed by atoms with van der Waals surface area (Å²) >= 11 is 6.03. The summed E-state index contributed by atoms with van der Waals surface area (Å²) in [5.74, 6) is 0. The van der Waals surface area contributed by atoms with Gasteiger partial charge in [0.1, 0.15) is 5.15 Å². The molecule has 4 heteroatoms. The van der Waals surface area contributed by atoms with Gasteiger partial charge in [0.2, 0.25) is 0 Å². The molecule has 0 saturated heterocycles. The number of nitrogens with zero attached hydrogens (tertiary/aromatic N) is 3. The predicted molar refractivity (Wildman–Crippen MR) is 47.5 cm³/mol. The van der Waals surface area contributed by atoms with Gasteiger partial charge in [-0.25, -0.2) is 9.50 Å². The Hall–Kier alpha value is -1.09. The molecule has 0 aliphatic carbocycles. The van der Waals surface area contributed by atoms with Crippen LogP contribution in [0.2, 0.25) is 5.15 Å². The highest BCUT2D eigenvalue weighted by Crippen LogP contribution is 2.17. The fraction of sp³-hybridized carbons (Fsp3) is 0.250. The van der Waals surface area contributed by atoms with Crippen molar-refractivity contribution in [3.8, 4) is 0 Å². The molecule has 0 amide bonds. The molecule has 0 unspecified atom stereocenters. The van der Waals surface area contributed by atoms with Crippen LogP contribution in [0.3, 0.4) is 0 Å². The van der Waals surface area contributed by atoms with Gasteiger partial charge >= 0.3 is 0 Å². The molecule has 2 aromatic rings. The average molecular weight is 182 g/mol. The van der Waals surface area contributed by atoms with E-state index in [4.69, 9.17) is 11.6 Å². The number of halogens is 1. The third-order valence-electron chi connectivity index (χ3n) is 1.94. The van der Waals surface area contributed by atoms with Gasteiger partial charge in [-0.15, -0.1) is 0 Å². The molecule has 0 aromatic carbocycles. The van der Waals surface area contributed by atoms with E-state index in [9.17, 15) is 0 Å². The first-order valence-corrected chi connectivity index (χ1v) is 4.04. The summed E-state index contributed by atoms with van der Waals surface area (Å²) in [6.45, 7) is 3.88. The second kappa shape index (κ2) is 2.45. The zero-order valence-corrected chi connectivity index (χ0v) is 7.63. The van der Waals surface area contributed by atoms with Gasteiger partial charge in [0.15, 0.2) is 5.65 Å². The minimum atomic E-state index is 0.641. The first-order valence-electron chi connectivity index (χ1n) is 3.66. The van der Waals surface area contributed by atoms with E-state index in [1.165, 1.54) is 0 Å². The molecule has 0 aliphatic heterocycles. The monoisotopic (exact) mass is 181 g/mol. The molecule has 0 atom stereocenters. The molecular weight excluding hydrogens is 174 g/mol. The zero-order chi connectivity index (χ0) is 8.72. The van der Waals surface area contributed by atoms with E-state index in [1.807, 2.05) is 19.9 Å². The minimum absolute atomic E-state index is 0.641. The highest BCUT2D eigenvalue weighted by atomic mass is 35.5. The Labute approximate surface area is 75.0 Å². The second-order valence-electron chi connectivity index (χ2n) is 2.71. The molecule has 12 heavy (non-hydrogen) atoms. The molecule has 0 fully saturated rings. The van der Waals surface area contributed by atoms with E-state index >= 15 is 0 Å². The highest BCUT2D eigenvalue weighted by molar-refractivity contribution is 6.30. The van der Waals surface area contributed by atoms with E-state index in [0.717, 1.165) is 16.9 Å². The molecule has 62 valence electrons. The summed E-state index contributed by atoms with van der Waals surface area (Å²) in [5, 5.41) is 4.68. The fourth-order valence-corrected chi connectivity index (χ4v) is 1.36. The lowest BCUT2D eigenvalue weighted by molar-refractivity contribution is 0.916. The second-order valence-corrected chi connectivity index (χ2v) is 3.07. The van der Waals surface area contributed by atoms with Crippen LogP contribution in [0, 0.1) is 13.8 Å². The Bertz CT molecular complexity index is 433. The Morgan fingerprint density at radius 2 is 2.17 bits per heavy atom. The van der Waals surface area contributed by atoms with Gasteiger partial charge in [0.05, 0.1) is 6.20 Å². The molecular formula is C8H8ClN3. The lowest BCUT2D eigenvalue weighted by Crippen LogP contribution is -1.98. The summed E-state index contributed by atoms with van der Waals surface area (Å²) < 4.78 is 1.63. The molecule has 0 bridgehead atoms. The Balaban J connectivity index is 2.94. The number of fused-ring (bicyclic) bond motifs is 1. The van der Waals surface area contributed by atoms with E-state index in [-0.39, 0.29) is 0 Å². The average Bonchev–Trinajstić information content (AvgIpc) is 2.48. The maximum absolute atomic E-state index is 6.03. The Kier molecular flexibility index (Phi) is 1.54. The zero-order valence-electron chi connectivity index (χ0n) is 6.87. The van der Waals surface area contributed by atoms with Gasteiger partial charge in [0, 0.05) is 17.3 Å². The lowest BCUT2D eigenvalue weighted by atomic mass is 10.3. The Morgan fingerprint density at radius 1 is 1.42 bits per heavy atom. The van der Waals surface area contributed by atoms with Crippen molar-refractivity contribution in [2.75, 3.05) is 0 Å². The van der Waals surface area contributed by atoms with Crippen LogP contribution in [0.1, 0.15) is 11.3 Å². The standard InChI is InChI=1S/C8H8ClN3/c1-5-6(2)11-7-3-4-10-12(7)8(5)9/h3-4H,1-2H3. The summed E-state index contributed by atoms with van der Waals surface area (Å²) in [4.78, 5) is 4.31. The number of hydrogen-bond donors (Lipinski definition) is 0. The van der Waals surface area contributed by atoms with Crippen molar-refractivity contribution in [3.05, 3.63) is 28.7 Å². The number of rotatable bonds is 0. The molecule has 3 nitrogen and oxygen atoms in total. The van der Waals surface area contributed by atoms with Crippen LogP contribution in [0.25, 0.3) is 5.65 Å². The van der Waals surface area contributed by atoms with E-state index in [2.05, 4.69) is 10.1 Å². The van der Waals surface area contributed by atoms with E-state index in [1.54, 1.807) is 10.7 Å². The van der Waals surface area contributed by atoms with Crippen LogP contribution >= 0.6 is 11.6 Å². The van der Waals surface area contributed by atoms with Crippen LogP contribution in [0.5, 0.6) is 0 Å². The summed E-state index contributed by atoms with van der Waals surface area (Å²) in [5.41, 5.74) is 2.73. The van der Waals surface area contributed by atoms with Crippen molar-refractivity contribution in [2.24, 2.45) is 0 Å². The van der Waals surface area contributed by atoms with E-state index < -0.39 is 0 Å². The summed E-state index contributed by atoms with van der Waals surface area (Å²) in [6.07, 6.45) is 1.69. The van der Waals surface area contributed by atoms with Gasteiger partial charge in [0.25, 0.3) is 0 Å². The van der Waals surface area contributed by atoms with Crippen molar-refractivity contribution in [2.45, 2.75) is 13.8 Å². The smallest absolute Gasteiger partial charge is 0.156 e. The normalized spacial score (nSPS) is 10.9. The molecule has 0 spiro atoms. The van der Waals surface area contributed by atoms with Crippen molar-refractivity contribution in [1.82, 2.24) is 14.6 Å². The van der Waals surface area contributed by atoms with Gasteiger partial charge in [-0.3, -0.25) is 0 Å². The number of aryl methyl sites for hydroxylation is 1. The van der Waals surface area contributed by atoms with Gasteiger partial charge in [-0.05, 0) is 13.8 Å². The van der Waals surface area contributed by atoms with E-state index in [0.29, 0.717) is 5.15 Å². The van der Waals surface area contributed by atoms with Crippen LogP contribution < -0.4 is 0 Å². The largest absolute Gasteiger partial charge is 0.233 e. The van der Waals surface area contributed by atoms with Crippen molar-refractivity contribution in [1.29, 1.82) is 0 Å². The quantitative estimate of drug-likeness (QED) is 0.582. The van der Waals surface area contributed by atoms with Gasteiger partial charge in [-0.2, -0.15) is 5.10 Å². The minimum Gasteiger partial charge on any atom is -0.233 e. The molecule has 2 heterocycles. The molecule has 2 aromatic heterocycles. The third-order valence-corrected chi connectivity index (χ3v) is 2.39. The fourth-order valence-electron chi connectivity index (χ4n) is 1.10. The maximum atomic E-state index is 6.03. The number of aromatic nitrogens is 3. The number of hydrogen-bond acceptors (Lipinski definition) is 2. The SMILES string of the molecule is Cc1nc2ccnn2c(Cl)c1C. The van der Waals surface area contributed by atoms with Crippen molar-refractivity contribution in [3.63, 3.8) is 0 Å². The van der Waals surface area contributed by atoms with Crippen molar-refractivity contribution >= 4 is 17.2 Å². The third kappa shape index (κ3) is 0.898. The molecule has 2 rings (SSSR count). The molecule has 0 N–H and O–H groups in total.